The van der Waals surface area contributed by atoms with E-state index in [-0.39, 0.29) is 18.3 Å². The number of carbonyl (C=O) groups is 1. The van der Waals surface area contributed by atoms with Crippen LogP contribution in [-0.4, -0.2) is 20.2 Å². The first-order valence-electron chi connectivity index (χ1n) is 7.76. The summed E-state index contributed by atoms with van der Waals surface area (Å²) < 4.78 is 15.9. The maximum atomic E-state index is 11.4. The van der Waals surface area contributed by atoms with Crippen LogP contribution in [-0.2, 0) is 16.0 Å². The Morgan fingerprint density at radius 1 is 1.08 bits per heavy atom. The summed E-state index contributed by atoms with van der Waals surface area (Å²) in [6.45, 7) is 4.15. The van der Waals surface area contributed by atoms with Crippen molar-refractivity contribution in [2.24, 2.45) is 0 Å². The zero-order valence-corrected chi connectivity index (χ0v) is 16.1. The van der Waals surface area contributed by atoms with Crippen molar-refractivity contribution in [3.63, 3.8) is 0 Å². The van der Waals surface area contributed by atoms with E-state index in [2.05, 4.69) is 18.6 Å². The fourth-order valence-electron chi connectivity index (χ4n) is 2.40. The highest BCUT2D eigenvalue weighted by Gasteiger charge is 2.15. The molecule has 0 aliphatic rings. The van der Waals surface area contributed by atoms with Crippen LogP contribution >= 0.6 is 23.2 Å². The predicted octanol–water partition coefficient (Wildman–Crippen LogP) is 5.63. The molecule has 0 saturated heterocycles. The van der Waals surface area contributed by atoms with Crippen LogP contribution in [0.4, 0.5) is 0 Å². The lowest BCUT2D eigenvalue weighted by Crippen LogP contribution is -2.04. The fourth-order valence-corrected chi connectivity index (χ4v) is 3.01. The van der Waals surface area contributed by atoms with Crippen molar-refractivity contribution in [1.82, 2.24) is 0 Å². The second-order valence-electron chi connectivity index (χ2n) is 5.80. The van der Waals surface area contributed by atoms with E-state index in [1.165, 1.54) is 7.11 Å². The lowest BCUT2D eigenvalue weighted by molar-refractivity contribution is -0.139. The molecular formula is C19H20Cl2O4. The number of rotatable bonds is 6. The number of benzene rings is 2. The van der Waals surface area contributed by atoms with Crippen molar-refractivity contribution in [3.8, 4) is 17.2 Å². The molecule has 0 amide bonds. The van der Waals surface area contributed by atoms with Gasteiger partial charge < -0.3 is 14.2 Å². The summed E-state index contributed by atoms with van der Waals surface area (Å²) in [6.07, 6.45) is 0.0935. The Balaban J connectivity index is 2.31. The van der Waals surface area contributed by atoms with Gasteiger partial charge in [0.05, 0.1) is 30.7 Å². The minimum absolute atomic E-state index is 0.0935. The summed E-state index contributed by atoms with van der Waals surface area (Å²) in [4.78, 5) is 11.4. The summed E-state index contributed by atoms with van der Waals surface area (Å²) in [5.74, 6) is 1.66. The van der Waals surface area contributed by atoms with Gasteiger partial charge in [-0.15, -0.1) is 0 Å². The Morgan fingerprint density at radius 3 is 2.24 bits per heavy atom. The largest absolute Gasteiger partial charge is 0.496 e. The topological polar surface area (TPSA) is 44.8 Å². The molecule has 2 rings (SSSR count). The SMILES string of the molecule is COC(=O)Cc1cc(Cl)c(Oc2ccc(OC)c(C(C)C)c2)c(Cl)c1. The Bertz CT molecular complexity index is 749. The molecule has 0 aromatic heterocycles. The Hall–Kier alpha value is -1.91. The van der Waals surface area contributed by atoms with Crippen molar-refractivity contribution in [1.29, 1.82) is 0 Å². The Labute approximate surface area is 157 Å². The zero-order valence-electron chi connectivity index (χ0n) is 14.6. The number of halogens is 2. The quantitative estimate of drug-likeness (QED) is 0.606. The predicted molar refractivity (Wildman–Crippen MR) is 99.3 cm³/mol. The minimum atomic E-state index is -0.363. The molecule has 0 N–H and O–H groups in total. The number of hydrogen-bond donors (Lipinski definition) is 0. The van der Waals surface area contributed by atoms with E-state index < -0.39 is 0 Å². The van der Waals surface area contributed by atoms with Gasteiger partial charge in [-0.25, -0.2) is 0 Å². The molecule has 0 aliphatic heterocycles. The maximum absolute atomic E-state index is 11.4. The average molecular weight is 383 g/mol. The van der Waals surface area contributed by atoms with Gasteiger partial charge in [-0.1, -0.05) is 37.0 Å². The molecule has 25 heavy (non-hydrogen) atoms. The summed E-state index contributed by atoms with van der Waals surface area (Å²) in [7, 11) is 2.97. The number of carbonyl (C=O) groups excluding carboxylic acids is 1. The Morgan fingerprint density at radius 2 is 1.72 bits per heavy atom. The zero-order chi connectivity index (χ0) is 18.6. The van der Waals surface area contributed by atoms with Crippen LogP contribution in [0.15, 0.2) is 30.3 Å². The van der Waals surface area contributed by atoms with Crippen LogP contribution < -0.4 is 9.47 Å². The second-order valence-corrected chi connectivity index (χ2v) is 6.62. The third kappa shape index (κ3) is 4.80. The van der Waals surface area contributed by atoms with E-state index in [9.17, 15) is 4.79 Å². The first-order valence-corrected chi connectivity index (χ1v) is 8.51. The van der Waals surface area contributed by atoms with Gasteiger partial charge in [0.15, 0.2) is 5.75 Å². The van der Waals surface area contributed by atoms with Gasteiger partial charge in [-0.2, -0.15) is 0 Å². The van der Waals surface area contributed by atoms with E-state index in [0.29, 0.717) is 27.1 Å². The van der Waals surface area contributed by atoms with E-state index in [4.69, 9.17) is 32.7 Å². The van der Waals surface area contributed by atoms with E-state index in [0.717, 1.165) is 11.3 Å². The van der Waals surface area contributed by atoms with Gasteiger partial charge in [-0.05, 0) is 41.8 Å². The van der Waals surface area contributed by atoms with E-state index >= 15 is 0 Å². The summed E-state index contributed by atoms with van der Waals surface area (Å²) in [5.41, 5.74) is 1.68. The Kier molecular flexibility index (Phi) is 6.57. The number of methoxy groups -OCH3 is 2. The first kappa shape index (κ1) is 19.4. The molecule has 0 heterocycles. The molecule has 2 aromatic rings. The molecule has 0 bridgehead atoms. The molecule has 0 atom stereocenters. The van der Waals surface area contributed by atoms with Crippen molar-refractivity contribution in [2.75, 3.05) is 14.2 Å². The summed E-state index contributed by atoms with van der Waals surface area (Å²) in [6, 6.07) is 8.83. The van der Waals surface area contributed by atoms with Crippen molar-refractivity contribution in [3.05, 3.63) is 51.5 Å². The third-order valence-corrected chi connectivity index (χ3v) is 4.24. The van der Waals surface area contributed by atoms with Crippen LogP contribution in [0.25, 0.3) is 0 Å². The highest BCUT2D eigenvalue weighted by molar-refractivity contribution is 6.37. The molecule has 0 spiro atoms. The number of hydrogen-bond acceptors (Lipinski definition) is 4. The summed E-state index contributed by atoms with van der Waals surface area (Å²) in [5, 5.41) is 0.654. The molecule has 2 aromatic carbocycles. The smallest absolute Gasteiger partial charge is 0.309 e. The first-order chi connectivity index (χ1) is 11.8. The highest BCUT2D eigenvalue weighted by Crippen LogP contribution is 2.39. The number of esters is 1. The lowest BCUT2D eigenvalue weighted by Gasteiger charge is -2.15. The highest BCUT2D eigenvalue weighted by atomic mass is 35.5. The molecule has 4 nitrogen and oxygen atoms in total. The standard InChI is InChI=1S/C19H20Cl2O4/c1-11(2)14-10-13(5-6-17(14)23-3)25-19-15(20)7-12(8-16(19)21)9-18(22)24-4/h5-8,10-11H,9H2,1-4H3. The molecule has 0 saturated carbocycles. The monoisotopic (exact) mass is 382 g/mol. The normalized spacial score (nSPS) is 10.7. The van der Waals surface area contributed by atoms with Gasteiger partial charge in [-0.3, -0.25) is 4.79 Å². The van der Waals surface area contributed by atoms with Crippen LogP contribution in [0.1, 0.15) is 30.9 Å². The van der Waals surface area contributed by atoms with Crippen LogP contribution in [0.5, 0.6) is 17.2 Å². The van der Waals surface area contributed by atoms with E-state index in [1.54, 1.807) is 25.3 Å². The van der Waals surface area contributed by atoms with Crippen molar-refractivity contribution < 1.29 is 19.0 Å². The molecule has 0 fully saturated rings. The minimum Gasteiger partial charge on any atom is -0.496 e. The van der Waals surface area contributed by atoms with Gasteiger partial charge >= 0.3 is 5.97 Å². The molecular weight excluding hydrogens is 363 g/mol. The lowest BCUT2D eigenvalue weighted by atomic mass is 10.0. The molecule has 134 valence electrons. The molecule has 0 unspecified atom stereocenters. The van der Waals surface area contributed by atoms with Gasteiger partial charge in [0.1, 0.15) is 11.5 Å². The van der Waals surface area contributed by atoms with Crippen LogP contribution in [0.2, 0.25) is 10.0 Å². The van der Waals surface area contributed by atoms with Crippen molar-refractivity contribution in [2.45, 2.75) is 26.2 Å². The fraction of sp³-hybridized carbons (Fsp3) is 0.316. The maximum Gasteiger partial charge on any atom is 0.309 e. The average Bonchev–Trinajstić information content (AvgIpc) is 2.57. The number of ether oxygens (including phenoxy) is 3. The second kappa shape index (κ2) is 8.45. The molecule has 0 aliphatic carbocycles. The van der Waals surface area contributed by atoms with Crippen LogP contribution in [0, 0.1) is 0 Å². The van der Waals surface area contributed by atoms with Crippen molar-refractivity contribution >= 4 is 29.2 Å². The molecule has 0 radical (unpaired) electrons. The van der Waals surface area contributed by atoms with Crippen LogP contribution in [0.3, 0.4) is 0 Å². The molecule has 6 heteroatoms. The third-order valence-electron chi connectivity index (χ3n) is 3.68. The van der Waals surface area contributed by atoms with Gasteiger partial charge in [0.2, 0.25) is 0 Å². The van der Waals surface area contributed by atoms with Gasteiger partial charge in [0.25, 0.3) is 0 Å². The summed E-state index contributed by atoms with van der Waals surface area (Å²) >= 11 is 12.6. The van der Waals surface area contributed by atoms with Gasteiger partial charge in [0, 0.05) is 5.56 Å². The van der Waals surface area contributed by atoms with E-state index in [1.807, 2.05) is 12.1 Å².